The van der Waals surface area contributed by atoms with Gasteiger partial charge in [0.2, 0.25) is 0 Å². The maximum atomic E-state index is 9.07. The van der Waals surface area contributed by atoms with Crippen molar-refractivity contribution in [2.24, 2.45) is 0 Å². The van der Waals surface area contributed by atoms with Crippen molar-refractivity contribution in [3.8, 4) is 0 Å². The van der Waals surface area contributed by atoms with E-state index in [4.69, 9.17) is 12.7 Å². The van der Waals surface area contributed by atoms with Crippen LogP contribution in [-0.2, 0) is 0 Å². The van der Waals surface area contributed by atoms with Gasteiger partial charge in [-0.1, -0.05) is 25.9 Å². The number of aliphatic hydroxyl groups is 1. The molecule has 1 rings (SSSR count). The number of aliphatic hydroxyl groups excluding tert-OH is 1. The van der Waals surface area contributed by atoms with Crippen LogP contribution in [0.5, 0.6) is 0 Å². The molecule has 1 fully saturated rings. The lowest BCUT2D eigenvalue weighted by Crippen LogP contribution is -2.18. The van der Waals surface area contributed by atoms with Gasteiger partial charge in [0, 0.05) is 0 Å². The molecule has 0 aromatic heterocycles. The van der Waals surface area contributed by atoms with E-state index in [-0.39, 0.29) is 6.35 Å². The highest BCUT2D eigenvalue weighted by atomic mass is 31.2. The Labute approximate surface area is 71.3 Å². The predicted octanol–water partition coefficient (Wildman–Crippen LogP) is 2.00. The average molecular weight is 171 g/mol. The predicted molar refractivity (Wildman–Crippen MR) is 52.6 cm³/mol. The second-order valence-electron chi connectivity index (χ2n) is 3.78. The lowest BCUT2D eigenvalue weighted by Gasteiger charge is -2.38. The molecule has 0 spiro atoms. The second-order valence-corrected chi connectivity index (χ2v) is 7.49. The van der Waals surface area contributed by atoms with E-state index in [1.165, 1.54) is 32.1 Å². The molecule has 0 amide bonds. The Kier molecular flexibility index (Phi) is 3.39. The zero-order valence-corrected chi connectivity index (χ0v) is 8.19. The Morgan fingerprint density at radius 2 is 1.91 bits per heavy atom. The van der Waals surface area contributed by atoms with Crippen molar-refractivity contribution in [2.45, 2.75) is 37.8 Å². The zero-order chi connectivity index (χ0) is 8.32. The summed E-state index contributed by atoms with van der Waals surface area (Å²) in [6.07, 6.45) is 6.73. The molecule has 0 saturated heterocycles. The molecule has 11 heavy (non-hydrogen) atoms. The fourth-order valence-corrected chi connectivity index (χ4v) is 3.56. The largest absolute Gasteiger partial charge is 0.393 e. The lowest BCUT2D eigenvalue weighted by molar-refractivity contribution is 0.365. The van der Waals surface area contributed by atoms with Gasteiger partial charge in [-0.3, -0.25) is 0 Å². The summed E-state index contributed by atoms with van der Waals surface area (Å²) in [5, 5.41) is 9.07. The van der Waals surface area contributed by atoms with Crippen LogP contribution in [0.3, 0.4) is 0 Å². The summed E-state index contributed by atoms with van der Waals surface area (Å²) in [6, 6.07) is 0. The first-order valence-corrected chi connectivity index (χ1v) is 6.97. The van der Waals surface area contributed by atoms with Gasteiger partial charge in [0.25, 0.3) is 0 Å². The average Bonchev–Trinajstić information content (AvgIpc) is 2.06. The van der Waals surface area contributed by atoms with Crippen LogP contribution < -0.4 is 0 Å². The maximum absolute atomic E-state index is 9.07. The van der Waals surface area contributed by atoms with Gasteiger partial charge >= 0.3 is 0 Å². The van der Waals surface area contributed by atoms with Crippen LogP contribution in [-0.4, -0.2) is 31.3 Å². The van der Waals surface area contributed by atoms with E-state index in [1.54, 1.807) is 0 Å². The van der Waals surface area contributed by atoms with Crippen molar-refractivity contribution < 1.29 is 5.11 Å². The number of hydrogen-bond donors (Lipinski definition) is 1. The molecule has 1 aliphatic carbocycles. The van der Waals surface area contributed by atoms with Gasteiger partial charge in [0.05, 0.1) is 6.35 Å². The molecule has 3 radical (unpaired) electrons. The van der Waals surface area contributed by atoms with Crippen LogP contribution in [0.25, 0.3) is 0 Å². The molecule has 0 bridgehead atoms. The van der Waals surface area contributed by atoms with Crippen molar-refractivity contribution in [1.82, 2.24) is 0 Å². The quantitative estimate of drug-likeness (QED) is 0.497. The molecule has 3 heteroatoms. The Morgan fingerprint density at radius 3 is 2.36 bits per heavy atom. The molecule has 1 unspecified atom stereocenters. The number of rotatable bonds is 2. The smallest absolute Gasteiger partial charge is 0.107 e. The Hall–Kier alpha value is 0.455. The summed E-state index contributed by atoms with van der Waals surface area (Å²) in [4.78, 5) is 0. The summed E-state index contributed by atoms with van der Waals surface area (Å²) in [5.74, 6) is 0. The van der Waals surface area contributed by atoms with Gasteiger partial charge < -0.3 is 5.11 Å². The van der Waals surface area contributed by atoms with Crippen LogP contribution >= 0.6 is 7.14 Å². The molecule has 1 atom stereocenters. The molecule has 1 saturated carbocycles. The molecule has 1 aliphatic rings. The fraction of sp³-hybridized carbons (Fsp3) is 1.00. The Bertz CT molecular complexity index is 121. The third kappa shape index (κ3) is 2.45. The molecule has 0 aliphatic heterocycles. The number of hydrogen-bond acceptors (Lipinski definition) is 1. The molecule has 0 aromatic rings. The molecule has 0 heterocycles. The topological polar surface area (TPSA) is 20.2 Å². The van der Waals surface area contributed by atoms with Crippen LogP contribution in [0.4, 0.5) is 0 Å². The van der Waals surface area contributed by atoms with Crippen molar-refractivity contribution in [1.29, 1.82) is 0 Å². The first kappa shape index (κ1) is 9.54. The van der Waals surface area contributed by atoms with E-state index in [0.717, 1.165) is 0 Å². The van der Waals surface area contributed by atoms with Crippen LogP contribution in [0.2, 0.25) is 0 Å². The minimum absolute atomic E-state index is 0.234. The standard InChI is InChI=1S/C8H17BOP/c1-11(9,7-10)8-5-3-2-4-6-8/h8,10H,2-7H2,1H3. The van der Waals surface area contributed by atoms with Crippen molar-refractivity contribution in [3.63, 3.8) is 0 Å². The summed E-state index contributed by atoms with van der Waals surface area (Å²) in [5.41, 5.74) is 0.654. The summed E-state index contributed by atoms with van der Waals surface area (Å²) in [7, 11) is 4.61. The first-order chi connectivity index (χ1) is 5.17. The monoisotopic (exact) mass is 171 g/mol. The summed E-state index contributed by atoms with van der Waals surface area (Å²) >= 11 is 0. The summed E-state index contributed by atoms with van der Waals surface area (Å²) in [6.45, 7) is 2.07. The van der Waals surface area contributed by atoms with Gasteiger partial charge in [-0.25, -0.2) is 0 Å². The summed E-state index contributed by atoms with van der Waals surface area (Å²) < 4.78 is 0. The highest BCUT2D eigenvalue weighted by Crippen LogP contribution is 2.58. The minimum atomic E-state index is -1.44. The van der Waals surface area contributed by atoms with Crippen LogP contribution in [0.1, 0.15) is 32.1 Å². The molecule has 1 nitrogen and oxygen atoms in total. The van der Waals surface area contributed by atoms with Crippen molar-refractivity contribution >= 4 is 14.7 Å². The highest BCUT2D eigenvalue weighted by molar-refractivity contribution is 7.97. The Morgan fingerprint density at radius 1 is 1.36 bits per heavy atom. The van der Waals surface area contributed by atoms with Crippen molar-refractivity contribution in [2.75, 3.05) is 13.0 Å². The van der Waals surface area contributed by atoms with E-state index in [9.17, 15) is 0 Å². The van der Waals surface area contributed by atoms with Crippen molar-refractivity contribution in [3.05, 3.63) is 0 Å². The van der Waals surface area contributed by atoms with Gasteiger partial charge in [-0.05, 0) is 18.5 Å². The minimum Gasteiger partial charge on any atom is -0.393 e. The van der Waals surface area contributed by atoms with Gasteiger partial charge in [0.1, 0.15) is 7.57 Å². The highest BCUT2D eigenvalue weighted by Gasteiger charge is 2.26. The van der Waals surface area contributed by atoms with Gasteiger partial charge in [-0.2, -0.15) is 0 Å². The van der Waals surface area contributed by atoms with E-state index in [2.05, 4.69) is 6.66 Å². The molecular formula is C8H17BOP. The first-order valence-electron chi connectivity index (χ1n) is 4.41. The third-order valence-electron chi connectivity index (χ3n) is 2.71. The van der Waals surface area contributed by atoms with Crippen LogP contribution in [0, 0.1) is 0 Å². The van der Waals surface area contributed by atoms with E-state index < -0.39 is 7.14 Å². The third-order valence-corrected chi connectivity index (χ3v) is 5.51. The van der Waals surface area contributed by atoms with Gasteiger partial charge in [0.15, 0.2) is 0 Å². The van der Waals surface area contributed by atoms with Gasteiger partial charge in [-0.15, -0.1) is 7.14 Å². The molecule has 0 aromatic carbocycles. The molecular weight excluding hydrogens is 154 g/mol. The fourth-order valence-electron chi connectivity index (χ4n) is 1.79. The lowest BCUT2D eigenvalue weighted by atomic mass is 10.0. The van der Waals surface area contributed by atoms with E-state index in [0.29, 0.717) is 5.66 Å². The Balaban J connectivity index is 2.43. The maximum Gasteiger partial charge on any atom is 0.107 e. The zero-order valence-electron chi connectivity index (χ0n) is 7.29. The SMILES string of the molecule is [B][P](C)(CO)C1CCCCC1. The normalized spacial score (nSPS) is 26.4. The molecule has 1 N–H and O–H groups in total. The van der Waals surface area contributed by atoms with Crippen LogP contribution in [0.15, 0.2) is 0 Å². The van der Waals surface area contributed by atoms with E-state index >= 15 is 0 Å². The van der Waals surface area contributed by atoms with E-state index in [1.807, 2.05) is 0 Å². The second kappa shape index (κ2) is 3.91. The molecule has 63 valence electrons.